The summed E-state index contributed by atoms with van der Waals surface area (Å²) < 4.78 is 31.2. The van der Waals surface area contributed by atoms with Crippen molar-refractivity contribution < 1.29 is 52.7 Å². The van der Waals surface area contributed by atoms with Crippen LogP contribution in [-0.2, 0) is 30.2 Å². The number of carbonyl (C=O) groups is 4. The normalized spacial score (nSPS) is 15.6. The summed E-state index contributed by atoms with van der Waals surface area (Å²) in [4.78, 5) is 48.8. The molecule has 12 heteroatoms. The molecule has 3 N–H and O–H groups in total. The zero-order chi connectivity index (χ0) is 30.6. The summed E-state index contributed by atoms with van der Waals surface area (Å²) in [7, 11) is 0. The molecule has 0 saturated carbocycles. The molecule has 4 unspecified atom stereocenters. The minimum atomic E-state index is -1.88. The standard InChI is InChI=1S/C28H43NO11/c1-9-17(5)35-26(33)39-22-12-11-21(13-23(22)40-27(34)36-18(6)10-2)15-28(29,24(30)31)14-19(7)37-25(32)38-20(8)16(3)4/h11-13,16-20H,9-10,14-15,29H2,1-8H3,(H,30,31)/t17?,18?,19-,20?,28?/m0/s1. The fourth-order valence-electron chi connectivity index (χ4n) is 3.18. The highest BCUT2D eigenvalue weighted by Gasteiger charge is 2.37. The molecule has 0 spiro atoms. The fourth-order valence-corrected chi connectivity index (χ4v) is 3.18. The van der Waals surface area contributed by atoms with Crippen molar-refractivity contribution in [3.63, 3.8) is 0 Å². The van der Waals surface area contributed by atoms with Crippen LogP contribution in [0.4, 0.5) is 14.4 Å². The minimum absolute atomic E-state index is 0.0678. The number of rotatable bonds is 14. The molecule has 0 saturated heterocycles. The monoisotopic (exact) mass is 569 g/mol. The minimum Gasteiger partial charge on any atom is -0.480 e. The smallest absolute Gasteiger partial charge is 0.480 e. The number of carbonyl (C=O) groups excluding carboxylic acids is 3. The molecule has 1 rings (SSSR count). The Balaban J connectivity index is 3.17. The summed E-state index contributed by atoms with van der Waals surface area (Å²) in [6.45, 7) is 14.0. The van der Waals surface area contributed by atoms with Crippen molar-refractivity contribution in [1.29, 1.82) is 0 Å². The average Bonchev–Trinajstić information content (AvgIpc) is 2.84. The van der Waals surface area contributed by atoms with E-state index in [9.17, 15) is 24.3 Å². The first-order valence-electron chi connectivity index (χ1n) is 13.4. The molecule has 0 aliphatic heterocycles. The molecule has 0 heterocycles. The van der Waals surface area contributed by atoms with Crippen molar-refractivity contribution >= 4 is 24.4 Å². The van der Waals surface area contributed by atoms with E-state index in [-0.39, 0.29) is 30.3 Å². The number of hydrogen-bond donors (Lipinski definition) is 2. The van der Waals surface area contributed by atoms with E-state index in [1.54, 1.807) is 20.8 Å². The van der Waals surface area contributed by atoms with Gasteiger partial charge in [0, 0.05) is 12.8 Å². The van der Waals surface area contributed by atoms with Gasteiger partial charge in [0.25, 0.3) is 0 Å². The summed E-state index contributed by atoms with van der Waals surface area (Å²) in [5, 5.41) is 9.93. The highest BCUT2D eigenvalue weighted by atomic mass is 16.8. The Hall–Kier alpha value is -3.54. The van der Waals surface area contributed by atoms with Crippen LogP contribution in [0.5, 0.6) is 11.5 Å². The summed E-state index contributed by atoms with van der Waals surface area (Å²) >= 11 is 0. The molecular weight excluding hydrogens is 526 g/mol. The number of aliphatic carboxylic acids is 1. The fraction of sp³-hybridized carbons (Fsp3) is 0.643. The quantitative estimate of drug-likeness (QED) is 0.161. The molecule has 0 aliphatic carbocycles. The molecule has 0 amide bonds. The first kappa shape index (κ1) is 34.5. The van der Waals surface area contributed by atoms with E-state index >= 15 is 0 Å². The van der Waals surface area contributed by atoms with Crippen molar-refractivity contribution in [1.82, 2.24) is 0 Å². The molecule has 226 valence electrons. The van der Waals surface area contributed by atoms with Crippen LogP contribution in [0.1, 0.15) is 80.2 Å². The lowest BCUT2D eigenvalue weighted by Crippen LogP contribution is -2.52. The van der Waals surface area contributed by atoms with Gasteiger partial charge in [-0.05, 0) is 64.2 Å². The largest absolute Gasteiger partial charge is 0.514 e. The lowest BCUT2D eigenvalue weighted by atomic mass is 9.86. The predicted octanol–water partition coefficient (Wildman–Crippen LogP) is 5.62. The van der Waals surface area contributed by atoms with E-state index in [1.165, 1.54) is 25.1 Å². The van der Waals surface area contributed by atoms with Crippen molar-refractivity contribution in [2.45, 2.75) is 111 Å². The highest BCUT2D eigenvalue weighted by molar-refractivity contribution is 5.79. The first-order chi connectivity index (χ1) is 18.6. The number of hydrogen-bond acceptors (Lipinski definition) is 11. The van der Waals surface area contributed by atoms with Gasteiger partial charge in [0.1, 0.15) is 30.0 Å². The van der Waals surface area contributed by atoms with Gasteiger partial charge >= 0.3 is 24.4 Å². The maximum Gasteiger partial charge on any atom is 0.514 e. The molecule has 40 heavy (non-hydrogen) atoms. The Morgan fingerprint density at radius 3 is 1.75 bits per heavy atom. The second kappa shape index (κ2) is 15.9. The van der Waals surface area contributed by atoms with Crippen LogP contribution in [0, 0.1) is 5.92 Å². The van der Waals surface area contributed by atoms with Crippen molar-refractivity contribution in [2.24, 2.45) is 11.7 Å². The molecule has 0 bridgehead atoms. The van der Waals surface area contributed by atoms with Gasteiger partial charge in [-0.25, -0.2) is 14.4 Å². The average molecular weight is 570 g/mol. The summed E-state index contributed by atoms with van der Waals surface area (Å²) in [5.74, 6) is -1.62. The van der Waals surface area contributed by atoms with Gasteiger partial charge in [-0.15, -0.1) is 0 Å². The Morgan fingerprint density at radius 2 is 1.27 bits per heavy atom. The maximum atomic E-state index is 12.3. The Kier molecular flexibility index (Phi) is 13.7. The molecule has 1 aromatic carbocycles. The van der Waals surface area contributed by atoms with Gasteiger partial charge in [-0.1, -0.05) is 33.8 Å². The van der Waals surface area contributed by atoms with Crippen LogP contribution in [0.3, 0.4) is 0 Å². The van der Waals surface area contributed by atoms with Crippen molar-refractivity contribution in [3.8, 4) is 11.5 Å². The van der Waals surface area contributed by atoms with E-state index in [1.807, 2.05) is 27.7 Å². The zero-order valence-electron chi connectivity index (χ0n) is 24.6. The number of carboxylic acids is 1. The number of carboxylic acid groups (broad SMARTS) is 1. The van der Waals surface area contributed by atoms with Crippen molar-refractivity contribution in [3.05, 3.63) is 23.8 Å². The first-order valence-corrected chi connectivity index (χ1v) is 13.4. The Labute approximate surface area is 235 Å². The van der Waals surface area contributed by atoms with Crippen molar-refractivity contribution in [2.75, 3.05) is 0 Å². The van der Waals surface area contributed by atoms with Gasteiger partial charge < -0.3 is 39.3 Å². The molecule has 0 fully saturated rings. The zero-order valence-corrected chi connectivity index (χ0v) is 24.6. The van der Waals surface area contributed by atoms with E-state index in [2.05, 4.69) is 0 Å². The lowest BCUT2D eigenvalue weighted by molar-refractivity contribution is -0.144. The van der Waals surface area contributed by atoms with Gasteiger partial charge in [-0.3, -0.25) is 4.79 Å². The predicted molar refractivity (Wildman–Crippen MR) is 144 cm³/mol. The van der Waals surface area contributed by atoms with Gasteiger partial charge in [0.2, 0.25) is 0 Å². The van der Waals surface area contributed by atoms with E-state index < -0.39 is 54.4 Å². The summed E-state index contributed by atoms with van der Waals surface area (Å²) in [5.41, 5.74) is 4.71. The molecule has 1 aromatic rings. The topological polar surface area (TPSA) is 170 Å². The highest BCUT2D eigenvalue weighted by Crippen LogP contribution is 2.32. The molecular formula is C28H43NO11. The summed E-state index contributed by atoms with van der Waals surface area (Å²) in [6.07, 6.45) is -4.51. The van der Waals surface area contributed by atoms with E-state index in [0.29, 0.717) is 18.4 Å². The van der Waals surface area contributed by atoms with Gasteiger partial charge in [-0.2, -0.15) is 0 Å². The second-order valence-electron chi connectivity index (χ2n) is 10.2. The van der Waals surface area contributed by atoms with Gasteiger partial charge in [0.15, 0.2) is 11.5 Å². The van der Waals surface area contributed by atoms with E-state index in [0.717, 1.165) is 0 Å². The third-order valence-corrected chi connectivity index (χ3v) is 6.25. The number of nitrogens with two attached hydrogens (primary N) is 1. The van der Waals surface area contributed by atoms with Crippen LogP contribution < -0.4 is 15.2 Å². The molecule has 12 nitrogen and oxygen atoms in total. The lowest BCUT2D eigenvalue weighted by Gasteiger charge is -2.28. The van der Waals surface area contributed by atoms with E-state index in [4.69, 9.17) is 34.2 Å². The second-order valence-corrected chi connectivity index (χ2v) is 10.2. The van der Waals surface area contributed by atoms with Gasteiger partial charge in [0.05, 0.1) is 0 Å². The number of ether oxygens (including phenoxy) is 6. The maximum absolute atomic E-state index is 12.3. The third-order valence-electron chi connectivity index (χ3n) is 6.25. The third kappa shape index (κ3) is 11.7. The van der Waals surface area contributed by atoms with Crippen LogP contribution in [0.15, 0.2) is 18.2 Å². The molecule has 0 radical (unpaired) electrons. The van der Waals surface area contributed by atoms with Crippen LogP contribution >= 0.6 is 0 Å². The summed E-state index contributed by atoms with van der Waals surface area (Å²) in [6, 6.07) is 4.11. The van der Waals surface area contributed by atoms with Crippen LogP contribution in [0.2, 0.25) is 0 Å². The Morgan fingerprint density at radius 1 is 0.775 bits per heavy atom. The molecule has 0 aromatic heterocycles. The molecule has 0 aliphatic rings. The molecule has 5 atom stereocenters. The SMILES string of the molecule is CCC(C)OC(=O)Oc1ccc(CC(N)(C[C@H](C)OC(=O)OC(C)C(C)C)C(=O)O)cc1OC(=O)OC(C)CC. The Bertz CT molecular complexity index is 1010. The van der Waals surface area contributed by atoms with Crippen LogP contribution in [0.25, 0.3) is 0 Å². The number of benzene rings is 1. The van der Waals surface area contributed by atoms with Crippen LogP contribution in [-0.4, -0.2) is 59.5 Å².